The minimum atomic E-state index is -2.19. The van der Waals surface area contributed by atoms with E-state index < -0.39 is 17.5 Å². The average molecular weight is 528 g/mol. The van der Waals surface area contributed by atoms with E-state index in [1.165, 1.54) is 13.1 Å². The molecular formula is C28H34FN3O6. The fourth-order valence-electron chi connectivity index (χ4n) is 5.20. The number of ether oxygens (including phenoxy) is 2. The first-order chi connectivity index (χ1) is 18.2. The van der Waals surface area contributed by atoms with Crippen molar-refractivity contribution in [2.75, 3.05) is 20.1 Å². The summed E-state index contributed by atoms with van der Waals surface area (Å²) in [4.78, 5) is 39.8. The first-order valence-electron chi connectivity index (χ1n) is 12.8. The maximum absolute atomic E-state index is 15.0. The molecule has 0 saturated carbocycles. The van der Waals surface area contributed by atoms with E-state index in [9.17, 15) is 23.9 Å². The van der Waals surface area contributed by atoms with E-state index in [1.807, 2.05) is 19.9 Å². The van der Waals surface area contributed by atoms with E-state index in [2.05, 4.69) is 10.2 Å². The van der Waals surface area contributed by atoms with Crippen molar-refractivity contribution in [1.82, 2.24) is 15.1 Å². The Bertz CT molecular complexity index is 1200. The summed E-state index contributed by atoms with van der Waals surface area (Å²) < 4.78 is 26.7. The van der Waals surface area contributed by atoms with Crippen LogP contribution in [0.5, 0.6) is 5.75 Å². The van der Waals surface area contributed by atoms with Crippen LogP contribution >= 0.6 is 0 Å². The number of rotatable bonds is 10. The minimum absolute atomic E-state index is 0.0623. The van der Waals surface area contributed by atoms with E-state index in [1.54, 1.807) is 24.3 Å². The number of nitrogens with zero attached hydrogens (tertiary/aromatic N) is 2. The van der Waals surface area contributed by atoms with Crippen molar-refractivity contribution < 1.29 is 33.4 Å². The van der Waals surface area contributed by atoms with Gasteiger partial charge in [0.15, 0.2) is 0 Å². The Balaban J connectivity index is 1.47. The van der Waals surface area contributed by atoms with Crippen LogP contribution in [0.2, 0.25) is 0 Å². The molecule has 2 aliphatic heterocycles. The van der Waals surface area contributed by atoms with Gasteiger partial charge in [-0.05, 0) is 37.6 Å². The van der Waals surface area contributed by atoms with E-state index in [0.29, 0.717) is 29.7 Å². The quantitative estimate of drug-likeness (QED) is 0.457. The van der Waals surface area contributed by atoms with Crippen molar-refractivity contribution in [3.63, 3.8) is 0 Å². The highest BCUT2D eigenvalue weighted by Crippen LogP contribution is 2.36. The Morgan fingerprint density at radius 3 is 2.66 bits per heavy atom. The predicted molar refractivity (Wildman–Crippen MR) is 137 cm³/mol. The molecule has 2 N–H and O–H groups in total. The number of fused-ring (bicyclic) bond motifs is 1. The Hall–Kier alpha value is -3.34. The number of morpholine rings is 1. The van der Waals surface area contributed by atoms with Gasteiger partial charge >= 0.3 is 0 Å². The molecule has 2 aromatic rings. The Labute approximate surface area is 221 Å². The van der Waals surface area contributed by atoms with Crippen LogP contribution in [0.3, 0.4) is 0 Å². The van der Waals surface area contributed by atoms with E-state index in [4.69, 9.17) is 9.47 Å². The lowest BCUT2D eigenvalue weighted by molar-refractivity contribution is -0.159. The smallest absolute Gasteiger partial charge is 0.273 e. The lowest BCUT2D eigenvalue weighted by Gasteiger charge is -2.35. The topological polar surface area (TPSA) is 108 Å². The van der Waals surface area contributed by atoms with Gasteiger partial charge in [-0.2, -0.15) is 0 Å². The van der Waals surface area contributed by atoms with Crippen molar-refractivity contribution in [3.8, 4) is 5.75 Å². The van der Waals surface area contributed by atoms with Gasteiger partial charge in [0.05, 0.1) is 18.8 Å². The summed E-state index contributed by atoms with van der Waals surface area (Å²) in [5.41, 5.74) is -0.206. The van der Waals surface area contributed by atoms with Crippen LogP contribution in [0.1, 0.15) is 53.7 Å². The fraction of sp³-hybridized carbons (Fsp3) is 0.464. The molecule has 0 bridgehead atoms. The molecule has 38 heavy (non-hydrogen) atoms. The Kier molecular flexibility index (Phi) is 8.44. The van der Waals surface area contributed by atoms with Gasteiger partial charge in [0.1, 0.15) is 24.5 Å². The number of nitrogens with one attached hydrogen (secondary N) is 1. The zero-order valence-electron chi connectivity index (χ0n) is 21.9. The normalized spacial score (nSPS) is 21.1. The second-order valence-electron chi connectivity index (χ2n) is 9.94. The summed E-state index contributed by atoms with van der Waals surface area (Å²) in [7, 11) is 1.35. The number of aliphatic hydroxyl groups is 1. The van der Waals surface area contributed by atoms with Crippen molar-refractivity contribution >= 4 is 18.1 Å². The van der Waals surface area contributed by atoms with Gasteiger partial charge in [0, 0.05) is 56.2 Å². The molecule has 3 unspecified atom stereocenters. The molecule has 0 aliphatic carbocycles. The molecule has 0 aromatic heterocycles. The van der Waals surface area contributed by atoms with Crippen molar-refractivity contribution in [2.45, 2.75) is 64.3 Å². The first-order valence-corrected chi connectivity index (χ1v) is 12.8. The van der Waals surface area contributed by atoms with Gasteiger partial charge in [-0.15, -0.1) is 0 Å². The zero-order chi connectivity index (χ0) is 27.4. The molecule has 3 atom stereocenters. The summed E-state index contributed by atoms with van der Waals surface area (Å²) >= 11 is 0. The third-order valence-corrected chi connectivity index (χ3v) is 6.97. The molecule has 4 rings (SSSR count). The predicted octanol–water partition coefficient (Wildman–Crippen LogP) is 2.38. The number of amides is 2. The first kappa shape index (κ1) is 27.7. The summed E-state index contributed by atoms with van der Waals surface area (Å²) in [6.07, 6.45) is 0.490. The molecule has 10 heteroatoms. The maximum atomic E-state index is 15.0. The zero-order valence-corrected chi connectivity index (χ0v) is 21.9. The molecule has 2 heterocycles. The maximum Gasteiger partial charge on any atom is 0.273 e. The second-order valence-corrected chi connectivity index (χ2v) is 9.94. The largest absolute Gasteiger partial charge is 0.488 e. The molecule has 1 saturated heterocycles. The van der Waals surface area contributed by atoms with Crippen molar-refractivity contribution in [2.24, 2.45) is 0 Å². The summed E-state index contributed by atoms with van der Waals surface area (Å²) in [5, 5.41) is 13.5. The fourth-order valence-corrected chi connectivity index (χ4v) is 5.20. The second kappa shape index (κ2) is 11.6. The van der Waals surface area contributed by atoms with Crippen LogP contribution in [-0.4, -0.2) is 71.1 Å². The van der Waals surface area contributed by atoms with Crippen LogP contribution in [0.4, 0.5) is 4.39 Å². The SMILES string of the molecule is CNC(=O)C(O)(CCC=O)N1Cc2c(OCc3ccc(CN4CC(C)OC(C)C4)cc3F)cccc2C1=O. The van der Waals surface area contributed by atoms with Crippen LogP contribution in [0.15, 0.2) is 36.4 Å². The van der Waals surface area contributed by atoms with Crippen LogP contribution in [0.25, 0.3) is 0 Å². The van der Waals surface area contributed by atoms with Gasteiger partial charge in [0.25, 0.3) is 11.8 Å². The lowest BCUT2D eigenvalue weighted by Crippen LogP contribution is -2.58. The third-order valence-electron chi connectivity index (χ3n) is 6.97. The van der Waals surface area contributed by atoms with Gasteiger partial charge in [-0.1, -0.05) is 18.2 Å². The van der Waals surface area contributed by atoms with Gasteiger partial charge < -0.3 is 24.7 Å². The molecule has 9 nitrogen and oxygen atoms in total. The number of carbonyl (C=O) groups excluding carboxylic acids is 3. The molecule has 2 amide bonds. The van der Waals surface area contributed by atoms with Crippen LogP contribution in [-0.2, 0) is 34.0 Å². The number of benzene rings is 2. The number of halogens is 1. The Morgan fingerprint density at radius 2 is 2.00 bits per heavy atom. The van der Waals surface area contributed by atoms with E-state index in [-0.39, 0.29) is 49.6 Å². The summed E-state index contributed by atoms with van der Waals surface area (Å²) in [6, 6.07) is 9.96. The average Bonchev–Trinajstić information content (AvgIpc) is 3.23. The minimum Gasteiger partial charge on any atom is -0.488 e. The summed E-state index contributed by atoms with van der Waals surface area (Å²) in [5.74, 6) is -1.37. The molecule has 204 valence electrons. The lowest BCUT2D eigenvalue weighted by atomic mass is 10.0. The highest BCUT2D eigenvalue weighted by atomic mass is 19.1. The molecule has 1 fully saturated rings. The van der Waals surface area contributed by atoms with Gasteiger partial charge in [0.2, 0.25) is 5.72 Å². The standard InChI is InChI=1S/C28H34FN3O6/c1-18-13-31(14-19(2)38-18)15-20-8-9-21(24(29)12-20)17-37-25-7-4-6-22-23(25)16-32(26(22)34)28(36,10-5-11-33)27(35)30-3/h4,6-9,11-12,18-19,36H,5,10,13-17H2,1-3H3,(H,30,35). The highest BCUT2D eigenvalue weighted by molar-refractivity contribution is 6.02. The van der Waals surface area contributed by atoms with Crippen LogP contribution < -0.4 is 10.1 Å². The van der Waals surface area contributed by atoms with Gasteiger partial charge in [-0.3, -0.25) is 19.4 Å². The number of carbonyl (C=O) groups is 3. The highest BCUT2D eigenvalue weighted by Gasteiger charge is 2.48. The molecule has 0 radical (unpaired) electrons. The van der Waals surface area contributed by atoms with Crippen molar-refractivity contribution in [3.05, 3.63) is 64.5 Å². The van der Waals surface area contributed by atoms with Crippen LogP contribution in [0, 0.1) is 5.82 Å². The summed E-state index contributed by atoms with van der Waals surface area (Å²) in [6.45, 7) is 6.10. The third kappa shape index (κ3) is 5.72. The number of aldehydes is 1. The molecule has 2 aliphatic rings. The Morgan fingerprint density at radius 1 is 1.26 bits per heavy atom. The van der Waals surface area contributed by atoms with Gasteiger partial charge in [-0.25, -0.2) is 4.39 Å². The van der Waals surface area contributed by atoms with E-state index in [0.717, 1.165) is 23.6 Å². The number of likely N-dealkylation sites (N-methyl/N-ethyl adjacent to an activating group) is 1. The molecule has 0 spiro atoms. The van der Waals surface area contributed by atoms with E-state index >= 15 is 0 Å². The monoisotopic (exact) mass is 527 g/mol. The molecule has 2 aromatic carbocycles. The number of hydrogen-bond acceptors (Lipinski definition) is 7. The molecular weight excluding hydrogens is 493 g/mol. The number of hydrogen-bond donors (Lipinski definition) is 2. The van der Waals surface area contributed by atoms with Crippen molar-refractivity contribution in [1.29, 1.82) is 0 Å².